The predicted octanol–water partition coefficient (Wildman–Crippen LogP) is 3.33. The van der Waals surface area contributed by atoms with E-state index in [0.717, 1.165) is 17.1 Å². The van der Waals surface area contributed by atoms with Crippen LogP contribution < -0.4 is 5.32 Å². The summed E-state index contributed by atoms with van der Waals surface area (Å²) in [7, 11) is 0. The number of benzene rings is 1. The first-order valence-electron chi connectivity index (χ1n) is 6.77. The molecule has 108 valence electrons. The van der Waals surface area contributed by atoms with Crippen LogP contribution in [-0.2, 0) is 6.54 Å². The lowest BCUT2D eigenvalue weighted by atomic mass is 10.0. The minimum atomic E-state index is -0.601. The highest BCUT2D eigenvalue weighted by Gasteiger charge is 2.12. The van der Waals surface area contributed by atoms with Crippen molar-refractivity contribution in [2.75, 3.05) is 0 Å². The van der Waals surface area contributed by atoms with Crippen LogP contribution in [0.2, 0.25) is 0 Å². The number of aliphatic hydroxyl groups is 1. The first-order valence-corrected chi connectivity index (χ1v) is 6.77. The third-order valence-electron chi connectivity index (χ3n) is 3.25. The van der Waals surface area contributed by atoms with E-state index in [9.17, 15) is 9.50 Å². The Kier molecular flexibility index (Phi) is 4.93. The molecule has 1 aromatic heterocycles. The molecule has 20 heavy (non-hydrogen) atoms. The molecule has 0 bridgehead atoms. The van der Waals surface area contributed by atoms with Crippen molar-refractivity contribution in [3.63, 3.8) is 0 Å². The molecule has 4 heteroatoms. The molecule has 0 aliphatic rings. The van der Waals surface area contributed by atoms with Crippen molar-refractivity contribution < 1.29 is 13.9 Å². The lowest BCUT2D eigenvalue weighted by molar-refractivity contribution is 0.153. The maximum Gasteiger partial charge on any atom is 0.123 e. The lowest BCUT2D eigenvalue weighted by Gasteiger charge is -2.17. The van der Waals surface area contributed by atoms with E-state index >= 15 is 0 Å². The van der Waals surface area contributed by atoms with Gasteiger partial charge in [0.1, 0.15) is 17.3 Å². The van der Waals surface area contributed by atoms with E-state index in [2.05, 4.69) is 5.32 Å². The lowest BCUT2D eigenvalue weighted by Crippen LogP contribution is -2.27. The molecule has 0 spiro atoms. The van der Waals surface area contributed by atoms with Crippen LogP contribution in [0.5, 0.6) is 0 Å². The Morgan fingerprint density at radius 3 is 2.50 bits per heavy atom. The molecule has 0 saturated heterocycles. The fraction of sp³-hybridized carbons (Fsp3) is 0.375. The Labute approximate surface area is 118 Å². The van der Waals surface area contributed by atoms with Gasteiger partial charge in [-0.25, -0.2) is 4.39 Å². The highest BCUT2D eigenvalue weighted by molar-refractivity contribution is 5.18. The fourth-order valence-electron chi connectivity index (χ4n) is 2.09. The van der Waals surface area contributed by atoms with Gasteiger partial charge in [0.25, 0.3) is 0 Å². The van der Waals surface area contributed by atoms with E-state index in [-0.39, 0.29) is 11.9 Å². The van der Waals surface area contributed by atoms with Crippen LogP contribution in [0, 0.1) is 12.7 Å². The molecule has 0 aliphatic heterocycles. The average Bonchev–Trinajstić information content (AvgIpc) is 2.83. The molecule has 3 nitrogen and oxygen atoms in total. The Balaban J connectivity index is 1.81. The Morgan fingerprint density at radius 2 is 1.90 bits per heavy atom. The monoisotopic (exact) mass is 277 g/mol. The van der Waals surface area contributed by atoms with Gasteiger partial charge in [-0.1, -0.05) is 12.1 Å². The topological polar surface area (TPSA) is 45.4 Å². The molecule has 2 rings (SSSR count). The van der Waals surface area contributed by atoms with Crippen molar-refractivity contribution in [3.05, 3.63) is 59.3 Å². The summed E-state index contributed by atoms with van der Waals surface area (Å²) >= 11 is 0. The highest BCUT2D eigenvalue weighted by atomic mass is 19.1. The summed E-state index contributed by atoms with van der Waals surface area (Å²) in [6.45, 7) is 4.54. The van der Waals surface area contributed by atoms with Crippen LogP contribution >= 0.6 is 0 Å². The molecule has 0 aliphatic carbocycles. The summed E-state index contributed by atoms with van der Waals surface area (Å²) in [6, 6.07) is 9.94. The molecule has 0 radical (unpaired) electrons. The highest BCUT2D eigenvalue weighted by Crippen LogP contribution is 2.18. The second-order valence-corrected chi connectivity index (χ2v) is 5.10. The van der Waals surface area contributed by atoms with Gasteiger partial charge in [-0.15, -0.1) is 0 Å². The predicted molar refractivity (Wildman–Crippen MR) is 75.7 cm³/mol. The molecule has 1 aromatic carbocycles. The number of furan rings is 1. The van der Waals surface area contributed by atoms with Gasteiger partial charge in [0, 0.05) is 6.04 Å². The first-order chi connectivity index (χ1) is 9.54. The van der Waals surface area contributed by atoms with Crippen molar-refractivity contribution in [2.24, 2.45) is 0 Å². The molecule has 0 saturated carbocycles. The zero-order chi connectivity index (χ0) is 14.5. The first kappa shape index (κ1) is 14.8. The molecule has 2 unspecified atom stereocenters. The van der Waals surface area contributed by atoms with Crippen molar-refractivity contribution in [1.82, 2.24) is 5.32 Å². The molecule has 2 N–H and O–H groups in total. The van der Waals surface area contributed by atoms with Crippen LogP contribution in [0.3, 0.4) is 0 Å². The molecule has 2 atom stereocenters. The van der Waals surface area contributed by atoms with Crippen LogP contribution in [0.4, 0.5) is 4.39 Å². The van der Waals surface area contributed by atoms with Crippen molar-refractivity contribution in [3.8, 4) is 0 Å². The van der Waals surface area contributed by atoms with E-state index in [1.54, 1.807) is 12.1 Å². The van der Waals surface area contributed by atoms with E-state index in [4.69, 9.17) is 4.42 Å². The molecule has 0 amide bonds. The molecule has 2 aromatic rings. The second-order valence-electron chi connectivity index (χ2n) is 5.10. The third kappa shape index (κ3) is 4.18. The number of hydrogen-bond acceptors (Lipinski definition) is 3. The molecule has 0 fully saturated rings. The average molecular weight is 277 g/mol. The van der Waals surface area contributed by atoms with Crippen molar-refractivity contribution >= 4 is 0 Å². The maximum absolute atomic E-state index is 12.8. The number of nitrogens with one attached hydrogen (secondary N) is 1. The van der Waals surface area contributed by atoms with E-state index in [1.165, 1.54) is 12.1 Å². The number of halogens is 1. The van der Waals surface area contributed by atoms with Gasteiger partial charge in [-0.05, 0) is 50.1 Å². The number of hydrogen-bond donors (Lipinski definition) is 2. The summed E-state index contributed by atoms with van der Waals surface area (Å²) in [5.41, 5.74) is 0.730. The van der Waals surface area contributed by atoms with Gasteiger partial charge in [0.15, 0.2) is 0 Å². The van der Waals surface area contributed by atoms with Crippen LogP contribution in [0.25, 0.3) is 0 Å². The number of aliphatic hydroxyl groups excluding tert-OH is 1. The summed E-state index contributed by atoms with van der Waals surface area (Å²) in [5.74, 6) is 1.48. The molecular formula is C16H20FNO2. The summed E-state index contributed by atoms with van der Waals surface area (Å²) in [6.07, 6.45) is -0.0397. The van der Waals surface area contributed by atoms with Gasteiger partial charge in [0.2, 0.25) is 0 Å². The summed E-state index contributed by atoms with van der Waals surface area (Å²) in [4.78, 5) is 0. The van der Waals surface area contributed by atoms with E-state index in [0.29, 0.717) is 13.0 Å². The quantitative estimate of drug-likeness (QED) is 0.851. The zero-order valence-corrected chi connectivity index (χ0v) is 11.8. The van der Waals surface area contributed by atoms with Crippen molar-refractivity contribution in [1.29, 1.82) is 0 Å². The van der Waals surface area contributed by atoms with E-state index in [1.807, 2.05) is 26.0 Å². The maximum atomic E-state index is 12.8. The second kappa shape index (κ2) is 6.68. The largest absolute Gasteiger partial charge is 0.465 e. The fourth-order valence-corrected chi connectivity index (χ4v) is 2.09. The Morgan fingerprint density at radius 1 is 1.20 bits per heavy atom. The van der Waals surface area contributed by atoms with Crippen LogP contribution in [0.15, 0.2) is 40.8 Å². The van der Waals surface area contributed by atoms with Crippen LogP contribution in [0.1, 0.15) is 36.5 Å². The van der Waals surface area contributed by atoms with Gasteiger partial charge >= 0.3 is 0 Å². The minimum absolute atomic E-state index is 0.125. The number of aryl methyl sites for hydroxylation is 1. The van der Waals surface area contributed by atoms with Gasteiger partial charge in [0.05, 0.1) is 12.6 Å². The number of rotatable bonds is 6. The Bertz CT molecular complexity index is 536. The van der Waals surface area contributed by atoms with Gasteiger partial charge in [-0.2, -0.15) is 0 Å². The van der Waals surface area contributed by atoms with Gasteiger partial charge < -0.3 is 14.8 Å². The van der Waals surface area contributed by atoms with Crippen molar-refractivity contribution in [2.45, 2.75) is 39.0 Å². The Hall–Kier alpha value is -1.65. The smallest absolute Gasteiger partial charge is 0.123 e. The van der Waals surface area contributed by atoms with Gasteiger partial charge in [-0.3, -0.25) is 0 Å². The third-order valence-corrected chi connectivity index (χ3v) is 3.25. The molecule has 1 heterocycles. The van der Waals surface area contributed by atoms with E-state index < -0.39 is 6.10 Å². The zero-order valence-electron chi connectivity index (χ0n) is 11.8. The summed E-state index contributed by atoms with van der Waals surface area (Å²) < 4.78 is 18.3. The normalized spacial score (nSPS) is 14.2. The minimum Gasteiger partial charge on any atom is -0.465 e. The summed E-state index contributed by atoms with van der Waals surface area (Å²) in [5, 5.41) is 13.4. The van der Waals surface area contributed by atoms with Crippen LogP contribution in [-0.4, -0.2) is 11.1 Å². The molecular weight excluding hydrogens is 257 g/mol. The standard InChI is InChI=1S/C16H20FNO2/c1-11(18-10-15-8-3-12(2)20-15)9-16(19)13-4-6-14(17)7-5-13/h3-8,11,16,18-19H,9-10H2,1-2H3. The SMILES string of the molecule is Cc1ccc(CNC(C)CC(O)c2ccc(F)cc2)o1.